The molecule has 1 N–H and O–H groups in total. The molecule has 29 heavy (non-hydrogen) atoms. The zero-order valence-electron chi connectivity index (χ0n) is 14.8. The van der Waals surface area contributed by atoms with Gasteiger partial charge in [-0.05, 0) is 29.8 Å². The molecule has 0 aromatic heterocycles. The fourth-order valence-electron chi connectivity index (χ4n) is 2.56. The van der Waals surface area contributed by atoms with Crippen molar-refractivity contribution in [3.8, 4) is 16.9 Å². The molecule has 8 heteroatoms. The van der Waals surface area contributed by atoms with E-state index in [0.29, 0.717) is 5.75 Å². The van der Waals surface area contributed by atoms with Gasteiger partial charge in [-0.25, -0.2) is 4.39 Å². The number of ether oxygens (including phenoxy) is 1. The Balaban J connectivity index is 1.75. The smallest absolute Gasteiger partial charge is 0.471 e. The van der Waals surface area contributed by atoms with Crippen molar-refractivity contribution in [2.24, 2.45) is 0 Å². The lowest BCUT2D eigenvalue weighted by Crippen LogP contribution is -2.29. The third-order valence-electron chi connectivity index (χ3n) is 3.96. The minimum Gasteiger partial charge on any atom is -0.489 e. The van der Waals surface area contributed by atoms with E-state index in [1.165, 1.54) is 24.3 Å². The van der Waals surface area contributed by atoms with Crippen LogP contribution < -0.4 is 10.1 Å². The summed E-state index contributed by atoms with van der Waals surface area (Å²) in [7, 11) is 0. The summed E-state index contributed by atoms with van der Waals surface area (Å²) in [6, 6.07) is 17.3. The van der Waals surface area contributed by atoms with Crippen molar-refractivity contribution in [1.82, 2.24) is 0 Å². The molecule has 3 rings (SSSR count). The minimum atomic E-state index is -5.02. The molecule has 0 atom stereocenters. The van der Waals surface area contributed by atoms with Crippen molar-refractivity contribution in [2.75, 3.05) is 5.32 Å². The van der Waals surface area contributed by atoms with Crippen LogP contribution >= 0.6 is 11.6 Å². The molecule has 0 spiro atoms. The van der Waals surface area contributed by atoms with E-state index in [0.717, 1.165) is 11.6 Å². The fraction of sp³-hybridized carbons (Fsp3) is 0.0952. The van der Waals surface area contributed by atoms with Gasteiger partial charge in [0.05, 0.1) is 5.02 Å². The molecule has 0 aliphatic heterocycles. The van der Waals surface area contributed by atoms with Crippen LogP contribution in [-0.4, -0.2) is 12.1 Å². The molecule has 150 valence electrons. The summed E-state index contributed by atoms with van der Waals surface area (Å²) in [5.41, 5.74) is 1.19. The standard InChI is InChI=1S/C21H14ClF4NO2/c22-18-10-14(27-20(28)21(24,25)26)6-8-16(18)17-9-7-15(11-19(17)23)29-12-13-4-2-1-3-5-13/h1-11H,12H2,(H,27,28). The van der Waals surface area contributed by atoms with Gasteiger partial charge in [0.1, 0.15) is 18.2 Å². The van der Waals surface area contributed by atoms with Crippen LogP contribution in [0.2, 0.25) is 5.02 Å². The number of anilines is 1. The van der Waals surface area contributed by atoms with Gasteiger partial charge in [0.15, 0.2) is 0 Å². The van der Waals surface area contributed by atoms with Gasteiger partial charge in [0.2, 0.25) is 0 Å². The van der Waals surface area contributed by atoms with Gasteiger partial charge in [-0.2, -0.15) is 13.2 Å². The van der Waals surface area contributed by atoms with Gasteiger partial charge in [0, 0.05) is 22.9 Å². The number of nitrogens with one attached hydrogen (secondary N) is 1. The summed E-state index contributed by atoms with van der Waals surface area (Å²) in [5.74, 6) is -2.41. The quantitative estimate of drug-likeness (QED) is 0.494. The Labute approximate surface area is 168 Å². The molecule has 1 amide bonds. The first-order valence-corrected chi connectivity index (χ1v) is 8.76. The summed E-state index contributed by atoms with van der Waals surface area (Å²) < 4.78 is 57.1. The van der Waals surface area contributed by atoms with Crippen LogP contribution in [-0.2, 0) is 11.4 Å². The van der Waals surface area contributed by atoms with Crippen LogP contribution in [0.15, 0.2) is 66.7 Å². The lowest BCUT2D eigenvalue weighted by atomic mass is 10.0. The van der Waals surface area contributed by atoms with E-state index < -0.39 is 17.9 Å². The van der Waals surface area contributed by atoms with Crippen molar-refractivity contribution in [2.45, 2.75) is 12.8 Å². The maximum Gasteiger partial charge on any atom is 0.471 e. The maximum absolute atomic E-state index is 14.6. The average Bonchev–Trinajstić information content (AvgIpc) is 2.67. The highest BCUT2D eigenvalue weighted by Gasteiger charge is 2.38. The van der Waals surface area contributed by atoms with E-state index >= 15 is 0 Å². The molecule has 0 fully saturated rings. The maximum atomic E-state index is 14.6. The fourth-order valence-corrected chi connectivity index (χ4v) is 2.84. The van der Waals surface area contributed by atoms with E-state index in [9.17, 15) is 22.4 Å². The van der Waals surface area contributed by atoms with Crippen LogP contribution in [0.3, 0.4) is 0 Å². The van der Waals surface area contributed by atoms with E-state index in [2.05, 4.69) is 0 Å². The number of rotatable bonds is 5. The molecule has 0 radical (unpaired) electrons. The van der Waals surface area contributed by atoms with Gasteiger partial charge >= 0.3 is 12.1 Å². The van der Waals surface area contributed by atoms with Crippen LogP contribution in [0.4, 0.5) is 23.2 Å². The molecule has 0 aliphatic rings. The molecule has 0 heterocycles. The molecule has 0 bridgehead atoms. The van der Waals surface area contributed by atoms with Crippen molar-refractivity contribution < 1.29 is 27.1 Å². The predicted molar refractivity (Wildman–Crippen MR) is 102 cm³/mol. The summed E-state index contributed by atoms with van der Waals surface area (Å²) in [6.07, 6.45) is -5.02. The first-order chi connectivity index (χ1) is 13.7. The largest absolute Gasteiger partial charge is 0.489 e. The number of hydrogen-bond acceptors (Lipinski definition) is 2. The van der Waals surface area contributed by atoms with Crippen molar-refractivity contribution in [3.05, 3.63) is 83.1 Å². The average molecular weight is 424 g/mol. The predicted octanol–water partition coefficient (Wildman–Crippen LogP) is 6.23. The third kappa shape index (κ3) is 5.26. The van der Waals surface area contributed by atoms with Gasteiger partial charge in [-0.1, -0.05) is 48.0 Å². The van der Waals surface area contributed by atoms with E-state index in [4.69, 9.17) is 16.3 Å². The minimum absolute atomic E-state index is 0.0122. The summed E-state index contributed by atoms with van der Waals surface area (Å²) >= 11 is 6.08. The number of amides is 1. The Morgan fingerprint density at radius 2 is 1.66 bits per heavy atom. The highest BCUT2D eigenvalue weighted by molar-refractivity contribution is 6.33. The first-order valence-electron chi connectivity index (χ1n) is 8.38. The van der Waals surface area contributed by atoms with Gasteiger partial charge in [-0.15, -0.1) is 0 Å². The molecule has 3 nitrogen and oxygen atoms in total. The zero-order valence-corrected chi connectivity index (χ0v) is 15.5. The molecular formula is C21H14ClF4NO2. The van der Waals surface area contributed by atoms with E-state index in [-0.39, 0.29) is 28.4 Å². The van der Waals surface area contributed by atoms with Crippen LogP contribution in [0, 0.1) is 5.82 Å². The molecule has 0 unspecified atom stereocenters. The number of carbonyl (C=O) groups excluding carboxylic acids is 1. The number of carbonyl (C=O) groups is 1. The van der Waals surface area contributed by atoms with Crippen LogP contribution in [0.25, 0.3) is 11.1 Å². The molecule has 3 aromatic carbocycles. The Kier molecular flexibility index (Phi) is 6.08. The zero-order chi connectivity index (χ0) is 21.0. The van der Waals surface area contributed by atoms with Gasteiger partial charge < -0.3 is 10.1 Å². The number of hydrogen-bond donors (Lipinski definition) is 1. The second-order valence-electron chi connectivity index (χ2n) is 6.06. The highest BCUT2D eigenvalue weighted by atomic mass is 35.5. The van der Waals surface area contributed by atoms with E-state index in [1.807, 2.05) is 30.3 Å². The Morgan fingerprint density at radius 1 is 0.966 bits per heavy atom. The molecule has 0 aliphatic carbocycles. The topological polar surface area (TPSA) is 38.3 Å². The lowest BCUT2D eigenvalue weighted by molar-refractivity contribution is -0.167. The molecule has 3 aromatic rings. The third-order valence-corrected chi connectivity index (χ3v) is 4.28. The first kappa shape index (κ1) is 20.7. The molecular weight excluding hydrogens is 410 g/mol. The van der Waals surface area contributed by atoms with Gasteiger partial charge in [0.25, 0.3) is 0 Å². The summed E-state index contributed by atoms with van der Waals surface area (Å²) in [4.78, 5) is 11.0. The molecule has 0 saturated heterocycles. The normalized spacial score (nSPS) is 11.2. The van der Waals surface area contributed by atoms with Gasteiger partial charge in [-0.3, -0.25) is 4.79 Å². The lowest BCUT2D eigenvalue weighted by Gasteiger charge is -2.12. The Hall–Kier alpha value is -3.06. The van der Waals surface area contributed by atoms with Crippen molar-refractivity contribution >= 4 is 23.2 Å². The highest BCUT2D eigenvalue weighted by Crippen LogP contribution is 2.34. The summed E-state index contributed by atoms with van der Waals surface area (Å²) in [6.45, 7) is 0.272. The Morgan fingerprint density at radius 3 is 2.28 bits per heavy atom. The number of benzene rings is 3. The second-order valence-corrected chi connectivity index (χ2v) is 6.47. The number of alkyl halides is 3. The second kappa shape index (κ2) is 8.53. The monoisotopic (exact) mass is 423 g/mol. The summed E-state index contributed by atoms with van der Waals surface area (Å²) in [5, 5.41) is 1.68. The van der Waals surface area contributed by atoms with E-state index in [1.54, 1.807) is 11.4 Å². The van der Waals surface area contributed by atoms with Crippen LogP contribution in [0.1, 0.15) is 5.56 Å². The molecule has 0 saturated carbocycles. The SMILES string of the molecule is O=C(Nc1ccc(-c2ccc(OCc3ccccc3)cc2F)c(Cl)c1)C(F)(F)F. The Bertz CT molecular complexity index is 1020. The number of halogens is 5. The van der Waals surface area contributed by atoms with Crippen LogP contribution in [0.5, 0.6) is 5.75 Å². The van der Waals surface area contributed by atoms with Crippen molar-refractivity contribution in [3.63, 3.8) is 0 Å². The van der Waals surface area contributed by atoms with Crippen molar-refractivity contribution in [1.29, 1.82) is 0 Å².